The van der Waals surface area contributed by atoms with Crippen LogP contribution in [-0.2, 0) is 6.42 Å². The third-order valence-corrected chi connectivity index (χ3v) is 20.8. The Kier molecular flexibility index (Phi) is 14.3. The number of nitrogens with zero attached hydrogens (tertiary/aromatic N) is 11. The number of hydrogen-bond acceptors (Lipinski definition) is 12. The first kappa shape index (κ1) is 53.1. The molecule has 3 saturated carbocycles. The topological polar surface area (TPSA) is 99.5 Å². The van der Waals surface area contributed by atoms with Crippen LogP contribution >= 0.6 is 0 Å². The van der Waals surface area contributed by atoms with Gasteiger partial charge in [-0.2, -0.15) is 0 Å². The van der Waals surface area contributed by atoms with E-state index in [-0.39, 0.29) is 17.5 Å². The van der Waals surface area contributed by atoms with Crippen molar-refractivity contribution in [3.63, 3.8) is 0 Å². The molecular formula is C66H91N13. The van der Waals surface area contributed by atoms with Crippen LogP contribution in [0.1, 0.15) is 146 Å². The van der Waals surface area contributed by atoms with Gasteiger partial charge in [-0.3, -0.25) is 29.6 Å². The number of aromatic nitrogens is 4. The van der Waals surface area contributed by atoms with E-state index >= 15 is 0 Å². The number of likely N-dealkylation sites (N-methyl/N-ethyl adjacent to an activating group) is 1. The average Bonchev–Trinajstić information content (AvgIpc) is 4.41. The van der Waals surface area contributed by atoms with Crippen molar-refractivity contribution in [2.75, 3.05) is 83.9 Å². The molecule has 1 aromatic carbocycles. The van der Waals surface area contributed by atoms with E-state index in [9.17, 15) is 0 Å². The molecule has 9 heterocycles. The molecule has 3 aliphatic carbocycles. The first-order chi connectivity index (χ1) is 38.2. The highest BCUT2D eigenvalue weighted by atomic mass is 15.5. The van der Waals surface area contributed by atoms with Crippen LogP contribution < -0.4 is 15.6 Å². The molecule has 2 N–H and O–H groups in total. The van der Waals surface area contributed by atoms with Crippen LogP contribution in [0, 0.1) is 17.3 Å². The fraction of sp³-hybridized carbons (Fsp3) is 0.606. The number of aliphatic imine (C=N–C) groups is 1. The molecule has 6 atom stereocenters. The zero-order valence-electron chi connectivity index (χ0n) is 48.8. The molecule has 6 aliphatic heterocycles. The summed E-state index contributed by atoms with van der Waals surface area (Å²) in [6.07, 6.45) is 23.9. The van der Waals surface area contributed by atoms with E-state index < -0.39 is 0 Å². The molecule has 0 amide bonds. The van der Waals surface area contributed by atoms with Gasteiger partial charge in [0.2, 0.25) is 0 Å². The molecule has 13 heteroatoms. The minimum absolute atomic E-state index is 0.0298. The summed E-state index contributed by atoms with van der Waals surface area (Å²) in [7, 11) is 2.29. The predicted molar refractivity (Wildman–Crippen MR) is 323 cm³/mol. The van der Waals surface area contributed by atoms with Crippen LogP contribution in [0.2, 0.25) is 0 Å². The molecule has 4 aromatic rings. The second kappa shape index (κ2) is 21.3. The Labute approximate surface area is 472 Å². The number of pyridine rings is 1. The third kappa shape index (κ3) is 10.5. The Morgan fingerprint density at radius 3 is 2.39 bits per heavy atom. The van der Waals surface area contributed by atoms with Gasteiger partial charge in [-0.25, -0.2) is 15.4 Å². The number of hydrogen-bond donors (Lipinski definition) is 2. The number of piperazine rings is 1. The summed E-state index contributed by atoms with van der Waals surface area (Å²) in [6, 6.07) is 14.1. The van der Waals surface area contributed by atoms with Crippen LogP contribution in [-0.4, -0.2) is 159 Å². The Morgan fingerprint density at radius 1 is 0.924 bits per heavy atom. The summed E-state index contributed by atoms with van der Waals surface area (Å²) in [5.41, 5.74) is 19.4. The lowest BCUT2D eigenvalue weighted by Gasteiger charge is -2.62. The Bertz CT molecular complexity index is 3000. The van der Waals surface area contributed by atoms with Gasteiger partial charge < -0.3 is 19.8 Å². The van der Waals surface area contributed by atoms with Crippen molar-refractivity contribution in [2.45, 2.75) is 159 Å². The first-order valence-corrected chi connectivity index (χ1v) is 30.9. The van der Waals surface area contributed by atoms with Gasteiger partial charge in [-0.1, -0.05) is 72.1 Å². The van der Waals surface area contributed by atoms with Gasteiger partial charge in [0, 0.05) is 165 Å². The second-order valence-corrected chi connectivity index (χ2v) is 26.9. The molecule has 0 bridgehead atoms. The molecule has 79 heavy (non-hydrogen) atoms. The van der Waals surface area contributed by atoms with Crippen LogP contribution in [0.4, 0.5) is 5.69 Å². The highest BCUT2D eigenvalue weighted by molar-refractivity contribution is 5.96. The number of allylic oxidation sites excluding steroid dienone is 2. The van der Waals surface area contributed by atoms with Crippen molar-refractivity contribution in [2.24, 2.45) is 22.2 Å². The number of fused-ring (bicyclic) bond motifs is 1. The summed E-state index contributed by atoms with van der Waals surface area (Å²) in [4.78, 5) is 32.5. The fourth-order valence-electron chi connectivity index (χ4n) is 15.0. The van der Waals surface area contributed by atoms with Gasteiger partial charge in [0.25, 0.3) is 0 Å². The Hall–Kier alpha value is -5.18. The number of anilines is 1. The zero-order chi connectivity index (χ0) is 54.3. The Morgan fingerprint density at radius 2 is 1.71 bits per heavy atom. The minimum Gasteiger partial charge on any atom is -0.379 e. The lowest BCUT2D eigenvalue weighted by atomic mass is 9.78. The van der Waals surface area contributed by atoms with Crippen molar-refractivity contribution >= 4 is 28.5 Å². The highest BCUT2D eigenvalue weighted by Gasteiger charge is 2.53. The van der Waals surface area contributed by atoms with Crippen LogP contribution in [0.5, 0.6) is 0 Å². The molecule has 420 valence electrons. The van der Waals surface area contributed by atoms with Gasteiger partial charge >= 0.3 is 0 Å². The quantitative estimate of drug-likeness (QED) is 0.0737. The largest absolute Gasteiger partial charge is 0.379 e. The zero-order valence-corrected chi connectivity index (χ0v) is 48.8. The summed E-state index contributed by atoms with van der Waals surface area (Å²) in [5, 5.41) is 7.74. The standard InChI is InChI=1S/C66H91N13/c1-10-43(2)63-54(34-51(36-69-63)76-31-29-75(30-32-76)49-16-17-49)64-55(53-33-48(57-13-11-25-68-57)15-20-60(53)79(64)52-37-77(38-52)50-18-19-50)35-65(7,8)23-21-44(3)56-14-12-27-78(72-56)47(6)59(39-74-40-66(41-74)24-28-73(66)9)71-46(5)61-45(4)62(61)58-22-26-67-42-70-58/h13,15,20,22,25-26,33-34,36,42-43,45,49-50,52,56,59,61-62,71-72H,3,5-6,10-12,14,16-19,21,23-24,27-32,35,37-41H2,1-2,4,7-9H3/t43?,45?,56-,59?,61-,62?/m0/s1. The van der Waals surface area contributed by atoms with Crippen molar-refractivity contribution < 1.29 is 0 Å². The number of likely N-dealkylation sites (tertiary alicyclic amines) is 3. The molecule has 13 rings (SSSR count). The molecule has 5 saturated heterocycles. The number of hydrazine groups is 1. The maximum absolute atomic E-state index is 5.52. The van der Waals surface area contributed by atoms with Crippen LogP contribution in [0.15, 0.2) is 96.8 Å². The van der Waals surface area contributed by atoms with Crippen molar-refractivity contribution in [3.05, 3.63) is 114 Å². The molecule has 9 aliphatic rings. The van der Waals surface area contributed by atoms with E-state index in [1.165, 1.54) is 88.9 Å². The van der Waals surface area contributed by atoms with E-state index in [4.69, 9.17) is 29.7 Å². The summed E-state index contributed by atoms with van der Waals surface area (Å²) in [6.45, 7) is 38.4. The molecule has 13 nitrogen and oxygen atoms in total. The Balaban J connectivity index is 0.767. The monoisotopic (exact) mass is 1070 g/mol. The van der Waals surface area contributed by atoms with E-state index in [2.05, 4.69) is 145 Å². The van der Waals surface area contributed by atoms with E-state index in [1.54, 1.807) is 6.33 Å². The normalized spacial score (nSPS) is 26.4. The fourth-order valence-corrected chi connectivity index (χ4v) is 15.0. The third-order valence-electron chi connectivity index (χ3n) is 20.8. The SMILES string of the molecule is C=C(NC(CN1CC2(CCN2C)C1)C(=C)N1CCC[C@@H](C(=C)CCC(C)(C)Cc2c(-c3cc(N4CCN(C5CC5)CC4)cnc3C(C)CC)n(C3CN(C4CC4)C3)c3ccc(C4=CCC=N4)cc23)N1)[C@@H]1C(C)C1c1ccncn1. The predicted octanol–water partition coefficient (Wildman–Crippen LogP) is 10.4. The van der Waals surface area contributed by atoms with Gasteiger partial charge in [-0.05, 0) is 125 Å². The summed E-state index contributed by atoms with van der Waals surface area (Å²) in [5.74, 6) is 1.50. The second-order valence-electron chi connectivity index (χ2n) is 26.9. The number of nitrogens with one attached hydrogen (secondary N) is 2. The van der Waals surface area contributed by atoms with Gasteiger partial charge in [0.1, 0.15) is 6.33 Å². The number of rotatable bonds is 22. The molecule has 0 radical (unpaired) electrons. The summed E-state index contributed by atoms with van der Waals surface area (Å²) < 4.78 is 2.81. The smallest absolute Gasteiger partial charge is 0.115 e. The van der Waals surface area contributed by atoms with E-state index in [0.29, 0.717) is 35.3 Å². The maximum Gasteiger partial charge on any atom is 0.115 e. The average molecular weight is 1070 g/mol. The van der Waals surface area contributed by atoms with Crippen molar-refractivity contribution in [1.82, 2.24) is 54.9 Å². The maximum atomic E-state index is 5.52. The first-order valence-electron chi connectivity index (χ1n) is 30.9. The molecular weight excluding hydrogens is 975 g/mol. The number of benzene rings is 1. The molecule has 3 aromatic heterocycles. The molecule has 8 fully saturated rings. The van der Waals surface area contributed by atoms with Crippen molar-refractivity contribution in [1.29, 1.82) is 0 Å². The molecule has 4 unspecified atom stereocenters. The van der Waals surface area contributed by atoms with E-state index in [1.807, 2.05) is 6.20 Å². The van der Waals surface area contributed by atoms with Gasteiger partial charge in [-0.15, -0.1) is 0 Å². The lowest BCUT2D eigenvalue weighted by molar-refractivity contribution is -0.110. The van der Waals surface area contributed by atoms with Crippen LogP contribution in [0.25, 0.3) is 27.9 Å². The highest BCUT2D eigenvalue weighted by Crippen LogP contribution is 2.56. The van der Waals surface area contributed by atoms with Crippen molar-refractivity contribution in [3.8, 4) is 11.3 Å². The minimum atomic E-state index is -0.0298. The molecule has 1 spiro atoms. The van der Waals surface area contributed by atoms with E-state index in [0.717, 1.165) is 145 Å². The summed E-state index contributed by atoms with van der Waals surface area (Å²) >= 11 is 0. The van der Waals surface area contributed by atoms with Gasteiger partial charge in [0.05, 0.1) is 41.1 Å². The van der Waals surface area contributed by atoms with Gasteiger partial charge in [0.15, 0.2) is 0 Å². The van der Waals surface area contributed by atoms with Crippen LogP contribution in [0.3, 0.4) is 0 Å². The lowest BCUT2D eigenvalue weighted by Crippen LogP contribution is -2.76.